The Morgan fingerprint density at radius 2 is 2.26 bits per heavy atom. The zero-order valence-electron chi connectivity index (χ0n) is 13.2. The van der Waals surface area contributed by atoms with Gasteiger partial charge in [0.05, 0.1) is 12.4 Å². The van der Waals surface area contributed by atoms with Crippen molar-refractivity contribution in [2.75, 3.05) is 13.1 Å². The van der Waals surface area contributed by atoms with Gasteiger partial charge in [0.1, 0.15) is 5.69 Å². The molecular weight excluding hydrogens is 288 g/mol. The third kappa shape index (κ3) is 2.63. The van der Waals surface area contributed by atoms with Crippen molar-refractivity contribution in [2.45, 2.75) is 25.8 Å². The molecule has 3 aromatic rings. The highest BCUT2D eigenvalue weighted by atomic mass is 16.2. The van der Waals surface area contributed by atoms with Gasteiger partial charge in [0.15, 0.2) is 0 Å². The molecule has 1 unspecified atom stereocenters. The second-order valence-electron chi connectivity index (χ2n) is 6.33. The highest BCUT2D eigenvalue weighted by molar-refractivity contribution is 5.98. The summed E-state index contributed by atoms with van der Waals surface area (Å²) < 4.78 is 2.11. The second kappa shape index (κ2) is 5.57. The van der Waals surface area contributed by atoms with E-state index in [9.17, 15) is 4.79 Å². The predicted molar refractivity (Wildman–Crippen MR) is 89.4 cm³/mol. The summed E-state index contributed by atoms with van der Waals surface area (Å²) in [5.41, 5.74) is 2.90. The molecule has 1 aliphatic heterocycles. The number of amides is 1. The van der Waals surface area contributed by atoms with E-state index in [0.717, 1.165) is 36.8 Å². The monoisotopic (exact) mass is 308 g/mol. The molecule has 1 amide bonds. The minimum atomic E-state index is 0.0867. The van der Waals surface area contributed by atoms with Crippen molar-refractivity contribution >= 4 is 16.8 Å². The van der Waals surface area contributed by atoms with Crippen LogP contribution in [-0.4, -0.2) is 38.4 Å². The van der Waals surface area contributed by atoms with Crippen molar-refractivity contribution in [3.8, 4) is 0 Å². The van der Waals surface area contributed by atoms with Gasteiger partial charge in [-0.15, -0.1) is 0 Å². The molecule has 0 spiro atoms. The number of aryl methyl sites for hydroxylation is 1. The maximum atomic E-state index is 12.8. The number of imidazole rings is 1. The number of rotatable bonds is 2. The molecule has 1 aromatic carbocycles. The SMILES string of the molecule is Cc1ccc2[nH]c(C(=O)N3CCCC(n4ccnc4)C3)cc2c1. The standard InChI is InChI=1S/C18H20N4O/c1-13-4-5-16-14(9-13)10-17(20-16)18(23)21-7-2-3-15(11-21)22-8-6-19-12-22/h4-6,8-10,12,15,20H,2-3,7,11H2,1H3. The first-order valence-corrected chi connectivity index (χ1v) is 8.07. The van der Waals surface area contributed by atoms with Crippen molar-refractivity contribution in [1.82, 2.24) is 19.4 Å². The molecule has 3 heterocycles. The van der Waals surface area contributed by atoms with Gasteiger partial charge in [0, 0.05) is 36.4 Å². The lowest BCUT2D eigenvalue weighted by Crippen LogP contribution is -2.40. The lowest BCUT2D eigenvalue weighted by atomic mass is 10.1. The lowest BCUT2D eigenvalue weighted by molar-refractivity contribution is 0.0674. The van der Waals surface area contributed by atoms with E-state index in [1.807, 2.05) is 29.6 Å². The van der Waals surface area contributed by atoms with Gasteiger partial charge in [-0.25, -0.2) is 4.98 Å². The Kier molecular flexibility index (Phi) is 3.41. The van der Waals surface area contributed by atoms with Gasteiger partial charge in [0.25, 0.3) is 5.91 Å². The summed E-state index contributed by atoms with van der Waals surface area (Å²) >= 11 is 0. The maximum Gasteiger partial charge on any atom is 0.270 e. The summed E-state index contributed by atoms with van der Waals surface area (Å²) in [6.07, 6.45) is 7.72. The topological polar surface area (TPSA) is 53.9 Å². The Morgan fingerprint density at radius 3 is 3.09 bits per heavy atom. The van der Waals surface area contributed by atoms with E-state index in [1.54, 1.807) is 6.20 Å². The molecule has 0 aliphatic carbocycles. The van der Waals surface area contributed by atoms with Crippen LogP contribution < -0.4 is 0 Å². The number of aromatic nitrogens is 3. The molecular formula is C18H20N4O. The zero-order chi connectivity index (χ0) is 15.8. The van der Waals surface area contributed by atoms with Crippen LogP contribution in [0.5, 0.6) is 0 Å². The number of fused-ring (bicyclic) bond motifs is 1. The molecule has 23 heavy (non-hydrogen) atoms. The van der Waals surface area contributed by atoms with Crippen LogP contribution in [-0.2, 0) is 0 Å². The lowest BCUT2D eigenvalue weighted by Gasteiger charge is -2.33. The maximum absolute atomic E-state index is 12.8. The van der Waals surface area contributed by atoms with Crippen LogP contribution in [0.2, 0.25) is 0 Å². The van der Waals surface area contributed by atoms with Crippen LogP contribution in [0.3, 0.4) is 0 Å². The largest absolute Gasteiger partial charge is 0.351 e. The number of benzene rings is 1. The Bertz CT molecular complexity index is 834. The molecule has 1 N–H and O–H groups in total. The number of H-pyrrole nitrogens is 1. The molecule has 1 atom stereocenters. The minimum absolute atomic E-state index is 0.0867. The molecule has 5 heteroatoms. The van der Waals surface area contributed by atoms with Crippen molar-refractivity contribution in [3.05, 3.63) is 54.2 Å². The third-order valence-electron chi connectivity index (χ3n) is 4.64. The number of nitrogens with one attached hydrogen (secondary N) is 1. The average molecular weight is 308 g/mol. The molecule has 1 aliphatic rings. The average Bonchev–Trinajstić information content (AvgIpc) is 3.23. The predicted octanol–water partition coefficient (Wildman–Crippen LogP) is 3.15. The normalized spacial score (nSPS) is 18.5. The van der Waals surface area contributed by atoms with E-state index in [4.69, 9.17) is 0 Å². The third-order valence-corrected chi connectivity index (χ3v) is 4.64. The molecule has 0 bridgehead atoms. The molecule has 2 aromatic heterocycles. The first-order chi connectivity index (χ1) is 11.2. The van der Waals surface area contributed by atoms with Crippen LogP contribution >= 0.6 is 0 Å². The van der Waals surface area contributed by atoms with Gasteiger partial charge in [-0.05, 0) is 38.0 Å². The summed E-state index contributed by atoms with van der Waals surface area (Å²) in [7, 11) is 0. The van der Waals surface area contributed by atoms with E-state index < -0.39 is 0 Å². The van der Waals surface area contributed by atoms with Crippen molar-refractivity contribution in [1.29, 1.82) is 0 Å². The van der Waals surface area contributed by atoms with Gasteiger partial charge in [-0.2, -0.15) is 0 Å². The van der Waals surface area contributed by atoms with Gasteiger partial charge < -0.3 is 14.5 Å². The number of likely N-dealkylation sites (tertiary alicyclic amines) is 1. The van der Waals surface area contributed by atoms with Crippen molar-refractivity contribution in [2.24, 2.45) is 0 Å². The highest BCUT2D eigenvalue weighted by Gasteiger charge is 2.26. The van der Waals surface area contributed by atoms with E-state index in [2.05, 4.69) is 33.6 Å². The smallest absolute Gasteiger partial charge is 0.270 e. The number of piperidine rings is 1. The molecule has 0 radical (unpaired) electrons. The summed E-state index contributed by atoms with van der Waals surface area (Å²) in [5.74, 6) is 0.0867. The van der Waals surface area contributed by atoms with Crippen molar-refractivity contribution < 1.29 is 4.79 Å². The number of nitrogens with zero attached hydrogens (tertiary/aromatic N) is 3. The van der Waals surface area contributed by atoms with Crippen LogP contribution in [0.15, 0.2) is 43.0 Å². The van der Waals surface area contributed by atoms with E-state index in [-0.39, 0.29) is 5.91 Å². The minimum Gasteiger partial charge on any atom is -0.351 e. The second-order valence-corrected chi connectivity index (χ2v) is 6.33. The fourth-order valence-electron chi connectivity index (χ4n) is 3.41. The molecule has 5 nitrogen and oxygen atoms in total. The van der Waals surface area contributed by atoms with Crippen LogP contribution in [0, 0.1) is 6.92 Å². The Morgan fingerprint density at radius 1 is 1.35 bits per heavy atom. The van der Waals surface area contributed by atoms with Crippen LogP contribution in [0.4, 0.5) is 0 Å². The van der Waals surface area contributed by atoms with Crippen molar-refractivity contribution in [3.63, 3.8) is 0 Å². The first-order valence-electron chi connectivity index (χ1n) is 8.07. The summed E-state index contributed by atoms with van der Waals surface area (Å²) in [6.45, 7) is 3.62. The van der Waals surface area contributed by atoms with E-state index in [0.29, 0.717) is 11.7 Å². The first kappa shape index (κ1) is 14.1. The molecule has 0 saturated carbocycles. The van der Waals surface area contributed by atoms with Gasteiger partial charge in [-0.3, -0.25) is 4.79 Å². The Labute approximate surface area is 134 Å². The van der Waals surface area contributed by atoms with E-state index in [1.165, 1.54) is 5.56 Å². The summed E-state index contributed by atoms with van der Waals surface area (Å²) in [5, 5.41) is 1.09. The number of carbonyl (C=O) groups is 1. The summed E-state index contributed by atoms with van der Waals surface area (Å²) in [4.78, 5) is 22.2. The number of hydrogen-bond acceptors (Lipinski definition) is 2. The fraction of sp³-hybridized carbons (Fsp3) is 0.333. The summed E-state index contributed by atoms with van der Waals surface area (Å²) in [6, 6.07) is 8.48. The quantitative estimate of drug-likeness (QED) is 0.790. The van der Waals surface area contributed by atoms with E-state index >= 15 is 0 Å². The zero-order valence-corrected chi connectivity index (χ0v) is 13.2. The number of aromatic amines is 1. The molecule has 118 valence electrons. The molecule has 1 fully saturated rings. The highest BCUT2D eigenvalue weighted by Crippen LogP contribution is 2.24. The van der Waals surface area contributed by atoms with Gasteiger partial charge in [-0.1, -0.05) is 11.6 Å². The Hall–Kier alpha value is -2.56. The molecule has 4 rings (SSSR count). The van der Waals surface area contributed by atoms with Gasteiger partial charge >= 0.3 is 0 Å². The number of hydrogen-bond donors (Lipinski definition) is 1. The molecule has 1 saturated heterocycles. The van der Waals surface area contributed by atoms with Crippen LogP contribution in [0.1, 0.15) is 34.9 Å². The van der Waals surface area contributed by atoms with Crippen LogP contribution in [0.25, 0.3) is 10.9 Å². The number of carbonyl (C=O) groups excluding carboxylic acids is 1. The Balaban J connectivity index is 1.57. The fourth-order valence-corrected chi connectivity index (χ4v) is 3.41. The van der Waals surface area contributed by atoms with Gasteiger partial charge in [0.2, 0.25) is 0 Å².